The molecular weight excluding hydrogens is 120 g/mol. The van der Waals surface area contributed by atoms with E-state index in [0.29, 0.717) is 17.9 Å². The van der Waals surface area contributed by atoms with E-state index in [1.165, 1.54) is 6.20 Å². The van der Waals surface area contributed by atoms with Gasteiger partial charge in [-0.3, -0.25) is 4.79 Å². The van der Waals surface area contributed by atoms with E-state index in [4.69, 9.17) is 0 Å². The van der Waals surface area contributed by atoms with Crippen LogP contribution in [-0.4, -0.2) is 11.6 Å². The van der Waals surface area contributed by atoms with Gasteiger partial charge in [0.1, 0.15) is 5.69 Å². The van der Waals surface area contributed by atoms with Crippen LogP contribution in [0.4, 0.5) is 5.69 Å². The fourth-order valence-electron chi connectivity index (χ4n) is 0.501. The first-order valence-electron chi connectivity index (χ1n) is 2.46. The molecule has 1 rings (SSSR count). The van der Waals surface area contributed by atoms with Crippen molar-refractivity contribution in [2.45, 2.75) is 6.92 Å². The number of amides is 1. The second-order valence-electron chi connectivity index (χ2n) is 1.56. The first-order valence-corrected chi connectivity index (χ1v) is 2.46. The van der Waals surface area contributed by atoms with Gasteiger partial charge in [0.2, 0.25) is 6.41 Å². The summed E-state index contributed by atoms with van der Waals surface area (Å²) in [7, 11) is 0. The first-order chi connectivity index (χ1) is 4.34. The van der Waals surface area contributed by atoms with Crippen molar-refractivity contribution in [3.8, 4) is 0 Å². The van der Waals surface area contributed by atoms with E-state index >= 15 is 0 Å². The largest absolute Gasteiger partial charge is 0.359 e. The molecule has 0 saturated carbocycles. The Morgan fingerprint density at radius 3 is 3.11 bits per heavy atom. The van der Waals surface area contributed by atoms with Crippen molar-refractivity contribution < 1.29 is 9.32 Å². The van der Waals surface area contributed by atoms with Crippen LogP contribution in [0, 0.1) is 6.92 Å². The lowest BCUT2D eigenvalue weighted by molar-refractivity contribution is -0.105. The van der Waals surface area contributed by atoms with Gasteiger partial charge in [-0.2, -0.15) is 0 Å². The van der Waals surface area contributed by atoms with E-state index in [2.05, 4.69) is 15.0 Å². The molecule has 1 amide bonds. The first kappa shape index (κ1) is 5.81. The Labute approximate surface area is 51.8 Å². The van der Waals surface area contributed by atoms with E-state index in [-0.39, 0.29) is 0 Å². The molecule has 0 saturated heterocycles. The fourth-order valence-corrected chi connectivity index (χ4v) is 0.501. The molecule has 0 spiro atoms. The second kappa shape index (κ2) is 2.30. The summed E-state index contributed by atoms with van der Waals surface area (Å²) in [5, 5.41) is 5.86. The topological polar surface area (TPSA) is 55.1 Å². The molecule has 0 fully saturated rings. The van der Waals surface area contributed by atoms with Gasteiger partial charge >= 0.3 is 0 Å². The molecule has 0 radical (unpaired) electrons. The molecule has 1 N–H and O–H groups in total. The Morgan fingerprint density at radius 2 is 2.67 bits per heavy atom. The van der Waals surface area contributed by atoms with Gasteiger partial charge in [0.25, 0.3) is 0 Å². The summed E-state index contributed by atoms with van der Waals surface area (Å²) in [5.74, 6) is 0.613. The molecule has 1 heterocycles. The van der Waals surface area contributed by atoms with E-state index in [0.717, 1.165) is 0 Å². The van der Waals surface area contributed by atoms with Crippen LogP contribution in [0.15, 0.2) is 10.7 Å². The van der Waals surface area contributed by atoms with Crippen molar-refractivity contribution in [2.24, 2.45) is 0 Å². The monoisotopic (exact) mass is 126 g/mol. The smallest absolute Gasteiger partial charge is 0.211 e. The van der Waals surface area contributed by atoms with Gasteiger partial charge in [0.15, 0.2) is 5.76 Å². The van der Waals surface area contributed by atoms with E-state index in [1.54, 1.807) is 6.92 Å². The van der Waals surface area contributed by atoms with Gasteiger partial charge in [0, 0.05) is 0 Å². The molecule has 1 aromatic heterocycles. The van der Waals surface area contributed by atoms with Crippen molar-refractivity contribution >= 4 is 12.1 Å². The summed E-state index contributed by atoms with van der Waals surface area (Å²) >= 11 is 0. The van der Waals surface area contributed by atoms with E-state index in [1.807, 2.05) is 0 Å². The van der Waals surface area contributed by atoms with Crippen LogP contribution in [-0.2, 0) is 4.79 Å². The molecule has 0 bridgehead atoms. The molecular formula is C5H6N2O2. The lowest BCUT2D eigenvalue weighted by Crippen LogP contribution is -1.92. The zero-order valence-corrected chi connectivity index (χ0v) is 4.92. The second-order valence-corrected chi connectivity index (χ2v) is 1.56. The predicted octanol–water partition coefficient (Wildman–Crippen LogP) is 0.551. The van der Waals surface area contributed by atoms with Crippen LogP contribution < -0.4 is 5.32 Å². The summed E-state index contributed by atoms with van der Waals surface area (Å²) in [6.07, 6.45) is 2.03. The zero-order valence-electron chi connectivity index (χ0n) is 4.92. The number of hydrogen-bond acceptors (Lipinski definition) is 3. The summed E-state index contributed by atoms with van der Waals surface area (Å²) in [6.45, 7) is 1.72. The lowest BCUT2D eigenvalue weighted by atomic mass is 10.4. The minimum atomic E-state index is 0.583. The Balaban J connectivity index is 2.80. The number of aryl methyl sites for hydroxylation is 1. The van der Waals surface area contributed by atoms with Gasteiger partial charge < -0.3 is 9.84 Å². The number of rotatable bonds is 2. The van der Waals surface area contributed by atoms with Crippen molar-refractivity contribution in [3.05, 3.63) is 12.0 Å². The van der Waals surface area contributed by atoms with E-state index < -0.39 is 0 Å². The average molecular weight is 126 g/mol. The van der Waals surface area contributed by atoms with Gasteiger partial charge in [0.05, 0.1) is 6.20 Å². The molecule has 0 unspecified atom stereocenters. The maximum atomic E-state index is 9.84. The highest BCUT2D eigenvalue weighted by Gasteiger charge is 1.98. The third kappa shape index (κ3) is 1.07. The third-order valence-electron chi connectivity index (χ3n) is 0.965. The Kier molecular flexibility index (Phi) is 1.48. The number of nitrogens with one attached hydrogen (secondary N) is 1. The SMILES string of the molecule is Cc1oncc1NC=O. The van der Waals surface area contributed by atoms with Crippen LogP contribution in [0.1, 0.15) is 5.76 Å². The Morgan fingerprint density at radius 1 is 1.89 bits per heavy atom. The number of nitrogens with zero attached hydrogens (tertiary/aromatic N) is 1. The number of anilines is 1. The van der Waals surface area contributed by atoms with Crippen LogP contribution in [0.3, 0.4) is 0 Å². The summed E-state index contributed by atoms with van der Waals surface area (Å²) < 4.78 is 4.65. The number of carbonyl (C=O) groups excluding carboxylic acids is 1. The van der Waals surface area contributed by atoms with Gasteiger partial charge in [-0.1, -0.05) is 5.16 Å². The zero-order chi connectivity index (χ0) is 6.69. The van der Waals surface area contributed by atoms with Crippen molar-refractivity contribution in [1.82, 2.24) is 5.16 Å². The Hall–Kier alpha value is -1.32. The molecule has 4 nitrogen and oxygen atoms in total. The van der Waals surface area contributed by atoms with E-state index in [9.17, 15) is 4.79 Å². The van der Waals surface area contributed by atoms with Gasteiger partial charge in [-0.15, -0.1) is 0 Å². The van der Waals surface area contributed by atoms with Crippen molar-refractivity contribution in [3.63, 3.8) is 0 Å². The predicted molar refractivity (Wildman–Crippen MR) is 30.9 cm³/mol. The minimum absolute atomic E-state index is 0.583. The van der Waals surface area contributed by atoms with Crippen molar-refractivity contribution in [1.29, 1.82) is 0 Å². The third-order valence-corrected chi connectivity index (χ3v) is 0.965. The molecule has 0 aliphatic rings. The summed E-state index contributed by atoms with van der Waals surface area (Å²) in [4.78, 5) is 9.84. The molecule has 0 aliphatic heterocycles. The molecule has 0 aromatic carbocycles. The summed E-state index contributed by atoms with van der Waals surface area (Å²) in [6, 6.07) is 0. The molecule has 0 aliphatic carbocycles. The average Bonchev–Trinajstić information content (AvgIpc) is 2.18. The van der Waals surface area contributed by atoms with Crippen molar-refractivity contribution in [2.75, 3.05) is 5.32 Å². The number of carbonyl (C=O) groups is 1. The fraction of sp³-hybridized carbons (Fsp3) is 0.200. The van der Waals surface area contributed by atoms with Crippen LogP contribution in [0.25, 0.3) is 0 Å². The lowest BCUT2D eigenvalue weighted by Gasteiger charge is -1.87. The number of hydrogen-bond donors (Lipinski definition) is 1. The van der Waals surface area contributed by atoms with Crippen LogP contribution >= 0.6 is 0 Å². The van der Waals surface area contributed by atoms with Gasteiger partial charge in [-0.05, 0) is 6.92 Å². The van der Waals surface area contributed by atoms with Crippen LogP contribution in [0.5, 0.6) is 0 Å². The van der Waals surface area contributed by atoms with Gasteiger partial charge in [-0.25, -0.2) is 0 Å². The normalized spacial score (nSPS) is 9.00. The highest BCUT2D eigenvalue weighted by Crippen LogP contribution is 2.10. The Bertz CT molecular complexity index is 206. The number of aromatic nitrogens is 1. The minimum Gasteiger partial charge on any atom is -0.359 e. The van der Waals surface area contributed by atoms with Crippen LogP contribution in [0.2, 0.25) is 0 Å². The molecule has 1 aromatic rings. The molecule has 9 heavy (non-hydrogen) atoms. The molecule has 48 valence electrons. The highest BCUT2D eigenvalue weighted by atomic mass is 16.5. The molecule has 0 atom stereocenters. The highest BCUT2D eigenvalue weighted by molar-refractivity contribution is 5.71. The molecule has 4 heteroatoms. The quantitative estimate of drug-likeness (QED) is 0.589. The summed E-state index contributed by atoms with van der Waals surface area (Å²) in [5.41, 5.74) is 0.616. The standard InChI is InChI=1S/C5H6N2O2/c1-4-5(6-3-8)2-7-9-4/h2-3H,1H3,(H,6,8). The maximum Gasteiger partial charge on any atom is 0.211 e. The maximum absolute atomic E-state index is 9.84.